The van der Waals surface area contributed by atoms with Crippen LogP contribution in [0.4, 0.5) is 0 Å². The molecule has 110 valence electrons. The first-order chi connectivity index (χ1) is 9.00. The maximum atomic E-state index is 12.2. The van der Waals surface area contributed by atoms with Gasteiger partial charge in [-0.15, -0.1) is 0 Å². The van der Waals surface area contributed by atoms with Gasteiger partial charge in [-0.25, -0.2) is 0 Å². The van der Waals surface area contributed by atoms with E-state index in [4.69, 9.17) is 5.73 Å². The van der Waals surface area contributed by atoms with Crippen LogP contribution in [0.5, 0.6) is 0 Å². The predicted octanol–water partition coefficient (Wildman–Crippen LogP) is 1.66. The summed E-state index contributed by atoms with van der Waals surface area (Å²) in [7, 11) is 1.81. The Kier molecular flexibility index (Phi) is 4.85. The zero-order chi connectivity index (χ0) is 13.9. The fourth-order valence-electron chi connectivity index (χ4n) is 3.59. The standard InChI is InChI=1S/C15H28N2O2/c1-17(11-15(19)8-4-5-9-15)14(18)10-12-6-2-3-7-13(12)16/h12-13,19H,2-11,16H2,1H3. The van der Waals surface area contributed by atoms with E-state index in [2.05, 4.69) is 0 Å². The molecule has 0 spiro atoms. The lowest BCUT2D eigenvalue weighted by molar-refractivity contribution is -0.134. The summed E-state index contributed by atoms with van der Waals surface area (Å²) in [5.41, 5.74) is 5.46. The van der Waals surface area contributed by atoms with Crippen LogP contribution in [0.3, 0.4) is 0 Å². The Balaban J connectivity index is 1.81. The van der Waals surface area contributed by atoms with Crippen molar-refractivity contribution in [1.82, 2.24) is 4.90 Å². The summed E-state index contributed by atoms with van der Waals surface area (Å²) in [6.45, 7) is 0.480. The van der Waals surface area contributed by atoms with Crippen LogP contribution in [0.2, 0.25) is 0 Å². The van der Waals surface area contributed by atoms with Gasteiger partial charge in [0.05, 0.1) is 5.60 Å². The zero-order valence-corrected chi connectivity index (χ0v) is 12.1. The van der Waals surface area contributed by atoms with Crippen molar-refractivity contribution in [1.29, 1.82) is 0 Å². The number of hydrogen-bond acceptors (Lipinski definition) is 3. The average Bonchev–Trinajstić information content (AvgIpc) is 2.78. The van der Waals surface area contributed by atoms with Crippen LogP contribution in [0.25, 0.3) is 0 Å². The maximum absolute atomic E-state index is 12.2. The van der Waals surface area contributed by atoms with Crippen LogP contribution in [0.1, 0.15) is 57.8 Å². The summed E-state index contributed by atoms with van der Waals surface area (Å²) < 4.78 is 0. The van der Waals surface area contributed by atoms with Crippen LogP contribution in [-0.4, -0.2) is 41.1 Å². The molecule has 2 aliphatic rings. The van der Waals surface area contributed by atoms with Gasteiger partial charge in [-0.3, -0.25) is 4.79 Å². The lowest BCUT2D eigenvalue weighted by Crippen LogP contribution is -2.44. The molecule has 3 N–H and O–H groups in total. The third kappa shape index (κ3) is 3.93. The van der Waals surface area contributed by atoms with Gasteiger partial charge in [0.25, 0.3) is 0 Å². The Bertz CT molecular complexity index is 313. The van der Waals surface area contributed by atoms with Crippen LogP contribution in [0.15, 0.2) is 0 Å². The quantitative estimate of drug-likeness (QED) is 0.815. The van der Waals surface area contributed by atoms with Gasteiger partial charge in [0.15, 0.2) is 0 Å². The molecule has 0 radical (unpaired) electrons. The van der Waals surface area contributed by atoms with Gasteiger partial charge in [0, 0.05) is 26.1 Å². The second kappa shape index (κ2) is 6.23. The van der Waals surface area contributed by atoms with E-state index in [-0.39, 0.29) is 11.9 Å². The minimum atomic E-state index is -0.640. The van der Waals surface area contributed by atoms with Gasteiger partial charge >= 0.3 is 0 Å². The molecule has 4 heteroatoms. The van der Waals surface area contributed by atoms with Crippen LogP contribution >= 0.6 is 0 Å². The number of amides is 1. The van der Waals surface area contributed by atoms with Crippen molar-refractivity contribution in [2.45, 2.75) is 69.4 Å². The van der Waals surface area contributed by atoms with E-state index < -0.39 is 5.60 Å². The summed E-state index contributed by atoms with van der Waals surface area (Å²) in [6.07, 6.45) is 8.87. The van der Waals surface area contributed by atoms with Crippen LogP contribution in [0, 0.1) is 5.92 Å². The summed E-state index contributed by atoms with van der Waals surface area (Å²) >= 11 is 0. The molecule has 0 heterocycles. The zero-order valence-electron chi connectivity index (χ0n) is 12.1. The Morgan fingerprint density at radius 3 is 2.53 bits per heavy atom. The highest BCUT2D eigenvalue weighted by molar-refractivity contribution is 5.76. The van der Waals surface area contributed by atoms with Gasteiger partial charge in [-0.1, -0.05) is 25.7 Å². The molecule has 0 bridgehead atoms. The van der Waals surface area contributed by atoms with E-state index in [0.29, 0.717) is 18.9 Å². The molecule has 2 fully saturated rings. The van der Waals surface area contributed by atoms with Gasteiger partial charge in [0.2, 0.25) is 5.91 Å². The van der Waals surface area contributed by atoms with Gasteiger partial charge in [-0.05, 0) is 31.6 Å². The van der Waals surface area contributed by atoms with E-state index >= 15 is 0 Å². The van der Waals surface area contributed by atoms with Crippen molar-refractivity contribution in [3.8, 4) is 0 Å². The largest absolute Gasteiger partial charge is 0.388 e. The average molecular weight is 268 g/mol. The van der Waals surface area contributed by atoms with Crippen LogP contribution < -0.4 is 5.73 Å². The molecule has 2 saturated carbocycles. The van der Waals surface area contributed by atoms with E-state index in [9.17, 15) is 9.90 Å². The molecule has 2 atom stereocenters. The van der Waals surface area contributed by atoms with E-state index in [1.165, 1.54) is 12.8 Å². The van der Waals surface area contributed by atoms with Gasteiger partial charge in [0.1, 0.15) is 0 Å². The van der Waals surface area contributed by atoms with Crippen molar-refractivity contribution in [3.05, 3.63) is 0 Å². The molecule has 0 saturated heterocycles. The van der Waals surface area contributed by atoms with E-state index in [1.807, 2.05) is 7.05 Å². The van der Waals surface area contributed by atoms with Crippen molar-refractivity contribution < 1.29 is 9.90 Å². The predicted molar refractivity (Wildman–Crippen MR) is 75.6 cm³/mol. The Morgan fingerprint density at radius 2 is 1.89 bits per heavy atom. The minimum Gasteiger partial charge on any atom is -0.388 e. The number of carbonyl (C=O) groups excluding carboxylic acids is 1. The SMILES string of the molecule is CN(CC1(O)CCCC1)C(=O)CC1CCCCC1N. The Morgan fingerprint density at radius 1 is 1.26 bits per heavy atom. The number of likely N-dealkylation sites (N-methyl/N-ethyl adjacent to an activating group) is 1. The van der Waals surface area contributed by atoms with Crippen molar-refractivity contribution >= 4 is 5.91 Å². The number of nitrogens with zero attached hydrogens (tertiary/aromatic N) is 1. The van der Waals surface area contributed by atoms with E-state index in [0.717, 1.165) is 38.5 Å². The first-order valence-corrected chi connectivity index (χ1v) is 7.72. The molecule has 2 unspecified atom stereocenters. The molecule has 4 nitrogen and oxygen atoms in total. The van der Waals surface area contributed by atoms with Crippen LogP contribution in [-0.2, 0) is 4.79 Å². The molecule has 0 aromatic heterocycles. The molecule has 0 aromatic rings. The highest BCUT2D eigenvalue weighted by Crippen LogP contribution is 2.31. The lowest BCUT2D eigenvalue weighted by Gasteiger charge is -2.32. The lowest BCUT2D eigenvalue weighted by atomic mass is 9.82. The molecule has 0 aliphatic heterocycles. The Hall–Kier alpha value is -0.610. The normalized spacial score (nSPS) is 30.3. The molecule has 2 aliphatic carbocycles. The maximum Gasteiger partial charge on any atom is 0.222 e. The molecule has 2 rings (SSSR count). The van der Waals surface area contributed by atoms with Crippen molar-refractivity contribution in [3.63, 3.8) is 0 Å². The minimum absolute atomic E-state index is 0.141. The smallest absolute Gasteiger partial charge is 0.222 e. The third-order valence-corrected chi connectivity index (χ3v) is 4.90. The third-order valence-electron chi connectivity index (χ3n) is 4.90. The Labute approximate surface area is 116 Å². The molecular weight excluding hydrogens is 240 g/mol. The topological polar surface area (TPSA) is 66.6 Å². The molecule has 19 heavy (non-hydrogen) atoms. The molecule has 1 amide bonds. The summed E-state index contributed by atoms with van der Waals surface area (Å²) in [6, 6.07) is 0.181. The summed E-state index contributed by atoms with van der Waals surface area (Å²) in [4.78, 5) is 14.0. The number of rotatable bonds is 4. The van der Waals surface area contributed by atoms with Gasteiger partial charge in [-0.2, -0.15) is 0 Å². The van der Waals surface area contributed by atoms with Crippen molar-refractivity contribution in [2.24, 2.45) is 11.7 Å². The number of aliphatic hydroxyl groups is 1. The molecule has 0 aromatic carbocycles. The summed E-state index contributed by atoms with van der Waals surface area (Å²) in [5, 5.41) is 10.3. The van der Waals surface area contributed by atoms with Crippen molar-refractivity contribution in [2.75, 3.05) is 13.6 Å². The molecular formula is C15H28N2O2. The first kappa shape index (κ1) is 14.8. The second-order valence-electron chi connectivity index (χ2n) is 6.59. The first-order valence-electron chi connectivity index (χ1n) is 7.72. The summed E-state index contributed by atoms with van der Waals surface area (Å²) in [5.74, 6) is 0.476. The van der Waals surface area contributed by atoms with E-state index in [1.54, 1.807) is 4.90 Å². The highest BCUT2D eigenvalue weighted by Gasteiger charge is 2.34. The monoisotopic (exact) mass is 268 g/mol. The fourth-order valence-corrected chi connectivity index (χ4v) is 3.59. The number of nitrogens with two attached hydrogens (primary N) is 1. The fraction of sp³-hybridized carbons (Fsp3) is 0.933. The number of hydrogen-bond donors (Lipinski definition) is 2. The second-order valence-corrected chi connectivity index (χ2v) is 6.59. The van der Waals surface area contributed by atoms with Gasteiger partial charge < -0.3 is 15.7 Å². The number of carbonyl (C=O) groups is 1. The highest BCUT2D eigenvalue weighted by atomic mass is 16.3.